The van der Waals surface area contributed by atoms with E-state index < -0.39 is 0 Å². The van der Waals surface area contributed by atoms with Crippen molar-refractivity contribution in [3.8, 4) is 6.07 Å². The van der Waals surface area contributed by atoms with Gasteiger partial charge in [-0.25, -0.2) is 0 Å². The molecule has 0 aliphatic carbocycles. The SMILES string of the molecule is CC(C)C(C)N(C)c1ccc(CBr)cc1C#N. The van der Waals surface area contributed by atoms with Gasteiger partial charge in [0.05, 0.1) is 11.3 Å². The summed E-state index contributed by atoms with van der Waals surface area (Å²) in [5, 5.41) is 10.00. The molecular weight excluding hydrogens is 276 g/mol. The molecule has 0 amide bonds. The fraction of sp³-hybridized carbons (Fsp3) is 0.500. The van der Waals surface area contributed by atoms with E-state index in [1.807, 2.05) is 12.1 Å². The van der Waals surface area contributed by atoms with Crippen molar-refractivity contribution in [2.45, 2.75) is 32.1 Å². The second-order valence-electron chi connectivity index (χ2n) is 4.69. The molecule has 92 valence electrons. The molecule has 0 saturated carbocycles. The topological polar surface area (TPSA) is 27.0 Å². The highest BCUT2D eigenvalue weighted by Crippen LogP contribution is 2.25. The van der Waals surface area contributed by atoms with Crippen LogP contribution >= 0.6 is 15.9 Å². The fourth-order valence-corrected chi connectivity index (χ4v) is 2.08. The van der Waals surface area contributed by atoms with Crippen LogP contribution in [0.5, 0.6) is 0 Å². The summed E-state index contributed by atoms with van der Waals surface area (Å²) in [5.74, 6) is 0.558. The van der Waals surface area contributed by atoms with E-state index in [4.69, 9.17) is 0 Å². The first-order valence-corrected chi connectivity index (χ1v) is 6.95. The summed E-state index contributed by atoms with van der Waals surface area (Å²) in [6.45, 7) is 6.57. The third-order valence-electron chi connectivity index (χ3n) is 3.29. The molecule has 0 radical (unpaired) electrons. The van der Waals surface area contributed by atoms with Gasteiger partial charge in [-0.15, -0.1) is 0 Å². The van der Waals surface area contributed by atoms with Crippen LogP contribution in [0.4, 0.5) is 5.69 Å². The Labute approximate surface area is 112 Å². The molecule has 3 heteroatoms. The van der Waals surface area contributed by atoms with Crippen molar-refractivity contribution < 1.29 is 0 Å². The molecule has 1 aromatic rings. The smallest absolute Gasteiger partial charge is 0.101 e. The first-order chi connectivity index (χ1) is 8.01. The first-order valence-electron chi connectivity index (χ1n) is 5.83. The summed E-state index contributed by atoms with van der Waals surface area (Å²) >= 11 is 3.41. The molecule has 1 atom stereocenters. The normalized spacial score (nSPS) is 12.3. The van der Waals surface area contributed by atoms with Gasteiger partial charge in [-0.1, -0.05) is 35.8 Å². The molecule has 0 fully saturated rings. The van der Waals surface area contributed by atoms with E-state index in [1.54, 1.807) is 0 Å². The minimum Gasteiger partial charge on any atom is -0.371 e. The number of alkyl halides is 1. The standard InChI is InChI=1S/C14H19BrN2/c1-10(2)11(3)17(4)14-6-5-12(8-15)7-13(14)9-16/h5-7,10-11H,8H2,1-4H3. The van der Waals surface area contributed by atoms with Crippen LogP contribution in [0.25, 0.3) is 0 Å². The maximum atomic E-state index is 9.22. The highest BCUT2D eigenvalue weighted by molar-refractivity contribution is 9.08. The fourth-order valence-electron chi connectivity index (χ4n) is 1.73. The molecule has 1 aromatic carbocycles. The lowest BCUT2D eigenvalue weighted by molar-refractivity contribution is 0.505. The zero-order valence-corrected chi connectivity index (χ0v) is 12.5. The summed E-state index contributed by atoms with van der Waals surface area (Å²) in [4.78, 5) is 2.18. The zero-order chi connectivity index (χ0) is 13.0. The lowest BCUT2D eigenvalue weighted by atomic mass is 10.0. The van der Waals surface area contributed by atoms with Crippen molar-refractivity contribution in [3.63, 3.8) is 0 Å². The van der Waals surface area contributed by atoms with Crippen LogP contribution in [-0.2, 0) is 5.33 Å². The van der Waals surface area contributed by atoms with Crippen LogP contribution in [0.3, 0.4) is 0 Å². The largest absolute Gasteiger partial charge is 0.371 e. The maximum Gasteiger partial charge on any atom is 0.101 e. The number of hydrogen-bond donors (Lipinski definition) is 0. The molecule has 0 aromatic heterocycles. The number of nitrogens with zero attached hydrogens (tertiary/aromatic N) is 2. The maximum absolute atomic E-state index is 9.22. The molecule has 0 N–H and O–H groups in total. The molecule has 1 rings (SSSR count). The van der Waals surface area contributed by atoms with Gasteiger partial charge in [-0.2, -0.15) is 5.26 Å². The van der Waals surface area contributed by atoms with E-state index >= 15 is 0 Å². The van der Waals surface area contributed by atoms with Crippen molar-refractivity contribution in [3.05, 3.63) is 29.3 Å². The number of hydrogen-bond acceptors (Lipinski definition) is 2. The van der Waals surface area contributed by atoms with Gasteiger partial charge in [0.2, 0.25) is 0 Å². The third kappa shape index (κ3) is 3.23. The van der Waals surface area contributed by atoms with Gasteiger partial charge in [0, 0.05) is 18.4 Å². The van der Waals surface area contributed by atoms with Gasteiger partial charge in [0.15, 0.2) is 0 Å². The van der Waals surface area contributed by atoms with E-state index in [0.717, 1.165) is 22.1 Å². The minimum atomic E-state index is 0.414. The van der Waals surface area contributed by atoms with Gasteiger partial charge < -0.3 is 4.90 Å². The monoisotopic (exact) mass is 294 g/mol. The predicted octanol–water partition coefficient (Wildman–Crippen LogP) is 3.93. The van der Waals surface area contributed by atoms with Crippen molar-refractivity contribution in [1.29, 1.82) is 5.26 Å². The summed E-state index contributed by atoms with van der Waals surface area (Å²) in [6, 6.07) is 8.75. The van der Waals surface area contributed by atoms with Gasteiger partial charge in [0.25, 0.3) is 0 Å². The van der Waals surface area contributed by atoms with Crippen LogP contribution in [0.15, 0.2) is 18.2 Å². The van der Waals surface area contributed by atoms with Crippen molar-refractivity contribution in [2.24, 2.45) is 5.92 Å². The Balaban J connectivity index is 3.10. The van der Waals surface area contributed by atoms with Crippen molar-refractivity contribution in [1.82, 2.24) is 0 Å². The van der Waals surface area contributed by atoms with Crippen molar-refractivity contribution >= 4 is 21.6 Å². The molecule has 1 unspecified atom stereocenters. The molecule has 0 spiro atoms. The highest BCUT2D eigenvalue weighted by Gasteiger charge is 2.16. The van der Waals surface area contributed by atoms with Crippen molar-refractivity contribution in [2.75, 3.05) is 11.9 Å². The number of benzene rings is 1. The van der Waals surface area contributed by atoms with E-state index in [0.29, 0.717) is 12.0 Å². The van der Waals surface area contributed by atoms with Gasteiger partial charge in [0.1, 0.15) is 6.07 Å². The van der Waals surface area contributed by atoms with E-state index in [-0.39, 0.29) is 0 Å². The van der Waals surface area contributed by atoms with Crippen LogP contribution in [-0.4, -0.2) is 13.1 Å². The lowest BCUT2D eigenvalue weighted by Gasteiger charge is -2.30. The minimum absolute atomic E-state index is 0.414. The van der Waals surface area contributed by atoms with Gasteiger partial charge >= 0.3 is 0 Å². The molecule has 0 aliphatic heterocycles. The molecule has 17 heavy (non-hydrogen) atoms. The Hall–Kier alpha value is -1.01. The average molecular weight is 295 g/mol. The molecule has 0 heterocycles. The molecule has 0 saturated heterocycles. The summed E-state index contributed by atoms with van der Waals surface area (Å²) in [5.41, 5.74) is 2.89. The Kier molecular flexibility index (Phi) is 5.02. The third-order valence-corrected chi connectivity index (χ3v) is 3.94. The summed E-state index contributed by atoms with van der Waals surface area (Å²) < 4.78 is 0. The lowest BCUT2D eigenvalue weighted by Crippen LogP contribution is -2.33. The Morgan fingerprint density at radius 3 is 2.47 bits per heavy atom. The first kappa shape index (κ1) is 14.1. The zero-order valence-electron chi connectivity index (χ0n) is 10.9. The second-order valence-corrected chi connectivity index (χ2v) is 5.25. The summed E-state index contributed by atoms with van der Waals surface area (Å²) in [6.07, 6.45) is 0. The quantitative estimate of drug-likeness (QED) is 0.787. The average Bonchev–Trinajstić information content (AvgIpc) is 2.35. The Bertz CT molecular complexity index is 421. The van der Waals surface area contributed by atoms with E-state index in [1.165, 1.54) is 0 Å². The Morgan fingerprint density at radius 1 is 1.35 bits per heavy atom. The van der Waals surface area contributed by atoms with Crippen LogP contribution in [0, 0.1) is 17.2 Å². The van der Waals surface area contributed by atoms with Crippen LogP contribution in [0.2, 0.25) is 0 Å². The number of nitriles is 1. The molecule has 0 aliphatic rings. The highest BCUT2D eigenvalue weighted by atomic mass is 79.9. The second kappa shape index (κ2) is 6.07. The number of anilines is 1. The Morgan fingerprint density at radius 2 is 2.00 bits per heavy atom. The van der Waals surface area contributed by atoms with Gasteiger partial charge in [-0.3, -0.25) is 0 Å². The van der Waals surface area contributed by atoms with Gasteiger partial charge in [-0.05, 0) is 30.5 Å². The number of halogens is 1. The van der Waals surface area contributed by atoms with Crippen LogP contribution < -0.4 is 4.90 Å². The number of rotatable bonds is 4. The van der Waals surface area contributed by atoms with E-state index in [2.05, 4.69) is 60.8 Å². The predicted molar refractivity (Wildman–Crippen MR) is 76.5 cm³/mol. The summed E-state index contributed by atoms with van der Waals surface area (Å²) in [7, 11) is 2.05. The molecular formula is C14H19BrN2. The van der Waals surface area contributed by atoms with Crippen LogP contribution in [0.1, 0.15) is 31.9 Å². The molecule has 0 bridgehead atoms. The molecule has 2 nitrogen and oxygen atoms in total. The van der Waals surface area contributed by atoms with E-state index in [9.17, 15) is 5.26 Å².